The van der Waals surface area contributed by atoms with E-state index in [0.717, 1.165) is 45.2 Å². The number of carbonyl (C=O) groups excluding carboxylic acids is 1. The zero-order valence-corrected chi connectivity index (χ0v) is 9.74. The fourth-order valence-corrected chi connectivity index (χ4v) is 2.70. The molecular weight excluding hydrogens is 204 g/mol. The van der Waals surface area contributed by atoms with Crippen LogP contribution in [0.25, 0.3) is 0 Å². The summed E-state index contributed by atoms with van der Waals surface area (Å²) in [4.78, 5) is 11.8. The Hall–Kier alpha value is -0.610. The average Bonchev–Trinajstić information content (AvgIpc) is 2.74. The van der Waals surface area contributed by atoms with Crippen molar-refractivity contribution in [3.05, 3.63) is 0 Å². The molecule has 0 aromatic heterocycles. The molecule has 1 amide bonds. The molecule has 3 unspecified atom stereocenters. The molecule has 1 saturated heterocycles. The summed E-state index contributed by atoms with van der Waals surface area (Å²) in [5, 5.41) is 16.0. The topological polar surface area (TPSA) is 61.4 Å². The van der Waals surface area contributed by atoms with E-state index in [2.05, 4.69) is 10.6 Å². The van der Waals surface area contributed by atoms with Gasteiger partial charge in [0.05, 0.1) is 12.1 Å². The molecule has 0 aromatic rings. The minimum Gasteiger partial charge on any atom is -0.391 e. The highest BCUT2D eigenvalue weighted by molar-refractivity contribution is 5.76. The molecule has 0 spiro atoms. The van der Waals surface area contributed by atoms with Crippen LogP contribution in [-0.2, 0) is 4.79 Å². The maximum absolute atomic E-state index is 11.8. The molecule has 2 aliphatic rings. The number of hydrogen-bond donors (Lipinski definition) is 3. The van der Waals surface area contributed by atoms with Gasteiger partial charge in [0.25, 0.3) is 0 Å². The minimum atomic E-state index is -0.334. The van der Waals surface area contributed by atoms with Gasteiger partial charge < -0.3 is 15.7 Å². The van der Waals surface area contributed by atoms with Crippen molar-refractivity contribution >= 4 is 5.91 Å². The molecule has 3 N–H and O–H groups in total. The van der Waals surface area contributed by atoms with Gasteiger partial charge in [0.15, 0.2) is 0 Å². The molecule has 3 atom stereocenters. The van der Waals surface area contributed by atoms with Crippen LogP contribution in [0.15, 0.2) is 0 Å². The summed E-state index contributed by atoms with van der Waals surface area (Å²) >= 11 is 0. The van der Waals surface area contributed by atoms with Crippen LogP contribution in [0.2, 0.25) is 0 Å². The van der Waals surface area contributed by atoms with E-state index in [-0.39, 0.29) is 18.1 Å². The van der Waals surface area contributed by atoms with E-state index in [0.29, 0.717) is 12.3 Å². The lowest BCUT2D eigenvalue weighted by Gasteiger charge is -2.28. The van der Waals surface area contributed by atoms with Crippen molar-refractivity contribution in [3.63, 3.8) is 0 Å². The summed E-state index contributed by atoms with van der Waals surface area (Å²) in [5.41, 5.74) is 0. The number of aliphatic hydroxyl groups excluding tert-OH is 1. The third kappa shape index (κ3) is 3.19. The molecule has 1 heterocycles. The number of aliphatic hydroxyl groups is 1. The molecule has 0 radical (unpaired) electrons. The molecule has 1 aliphatic heterocycles. The second-order valence-corrected chi connectivity index (χ2v) is 5.09. The van der Waals surface area contributed by atoms with Crippen LogP contribution in [0.3, 0.4) is 0 Å². The Balaban J connectivity index is 1.72. The van der Waals surface area contributed by atoms with Gasteiger partial charge in [0.1, 0.15) is 0 Å². The van der Waals surface area contributed by atoms with Crippen molar-refractivity contribution < 1.29 is 9.90 Å². The Morgan fingerprint density at radius 3 is 2.81 bits per heavy atom. The van der Waals surface area contributed by atoms with Crippen molar-refractivity contribution in [2.75, 3.05) is 13.1 Å². The number of amides is 1. The van der Waals surface area contributed by atoms with Gasteiger partial charge in [-0.1, -0.05) is 12.8 Å². The van der Waals surface area contributed by atoms with Gasteiger partial charge in [-0.3, -0.25) is 4.79 Å². The molecule has 2 fully saturated rings. The molecule has 16 heavy (non-hydrogen) atoms. The molecular formula is C12H22N2O2. The molecule has 4 heteroatoms. The van der Waals surface area contributed by atoms with Gasteiger partial charge in [0, 0.05) is 6.42 Å². The summed E-state index contributed by atoms with van der Waals surface area (Å²) in [6, 6.07) is -0.00406. The predicted molar refractivity (Wildman–Crippen MR) is 62.0 cm³/mol. The predicted octanol–water partition coefficient (Wildman–Crippen LogP) is 0.406. The van der Waals surface area contributed by atoms with E-state index in [1.54, 1.807) is 0 Å². The maximum atomic E-state index is 11.8. The highest BCUT2D eigenvalue weighted by atomic mass is 16.3. The van der Waals surface area contributed by atoms with Crippen molar-refractivity contribution in [2.24, 2.45) is 5.92 Å². The highest BCUT2D eigenvalue weighted by Gasteiger charge is 2.25. The van der Waals surface area contributed by atoms with Gasteiger partial charge >= 0.3 is 0 Å². The van der Waals surface area contributed by atoms with Crippen molar-refractivity contribution in [3.8, 4) is 0 Å². The van der Waals surface area contributed by atoms with Crippen LogP contribution in [0.4, 0.5) is 0 Å². The molecule has 0 bridgehead atoms. The van der Waals surface area contributed by atoms with Crippen LogP contribution in [-0.4, -0.2) is 36.2 Å². The normalized spacial score (nSPS) is 34.9. The molecule has 1 aliphatic carbocycles. The Bertz CT molecular complexity index is 239. The average molecular weight is 226 g/mol. The Kier molecular flexibility index (Phi) is 4.18. The van der Waals surface area contributed by atoms with E-state index in [4.69, 9.17) is 0 Å². The monoisotopic (exact) mass is 226 g/mol. The fraction of sp³-hybridized carbons (Fsp3) is 0.917. The summed E-state index contributed by atoms with van der Waals surface area (Å²) in [7, 11) is 0. The third-order valence-corrected chi connectivity index (χ3v) is 3.71. The summed E-state index contributed by atoms with van der Waals surface area (Å²) < 4.78 is 0. The summed E-state index contributed by atoms with van der Waals surface area (Å²) in [5.74, 6) is 0.598. The Morgan fingerprint density at radius 2 is 2.12 bits per heavy atom. The quantitative estimate of drug-likeness (QED) is 0.653. The molecule has 2 rings (SSSR count). The van der Waals surface area contributed by atoms with E-state index in [9.17, 15) is 9.90 Å². The van der Waals surface area contributed by atoms with Crippen molar-refractivity contribution in [1.29, 1.82) is 0 Å². The second kappa shape index (κ2) is 5.64. The standard InChI is InChI=1S/C12H22N2O2/c15-11-4-2-1-3-10(11)14-12(16)7-9-5-6-13-8-9/h9-11,13,15H,1-8H2,(H,14,16). The SMILES string of the molecule is O=C(CC1CCNC1)NC1CCCCC1O. The summed E-state index contributed by atoms with van der Waals surface area (Å²) in [6.07, 6.45) is 5.33. The van der Waals surface area contributed by atoms with E-state index >= 15 is 0 Å². The Labute approximate surface area is 96.8 Å². The summed E-state index contributed by atoms with van der Waals surface area (Å²) in [6.45, 7) is 1.99. The minimum absolute atomic E-state index is 0.00406. The first-order valence-corrected chi connectivity index (χ1v) is 6.44. The van der Waals surface area contributed by atoms with Gasteiger partial charge in [-0.15, -0.1) is 0 Å². The second-order valence-electron chi connectivity index (χ2n) is 5.09. The van der Waals surface area contributed by atoms with Crippen LogP contribution < -0.4 is 10.6 Å². The largest absolute Gasteiger partial charge is 0.391 e. The zero-order chi connectivity index (χ0) is 11.4. The smallest absolute Gasteiger partial charge is 0.220 e. The molecule has 0 aromatic carbocycles. The van der Waals surface area contributed by atoms with Gasteiger partial charge in [-0.25, -0.2) is 0 Å². The molecule has 1 saturated carbocycles. The zero-order valence-electron chi connectivity index (χ0n) is 9.74. The van der Waals surface area contributed by atoms with Gasteiger partial charge in [-0.2, -0.15) is 0 Å². The van der Waals surface area contributed by atoms with Crippen LogP contribution in [0.5, 0.6) is 0 Å². The molecule has 92 valence electrons. The van der Waals surface area contributed by atoms with Crippen LogP contribution >= 0.6 is 0 Å². The number of hydrogen-bond acceptors (Lipinski definition) is 3. The molecule has 4 nitrogen and oxygen atoms in total. The van der Waals surface area contributed by atoms with E-state index < -0.39 is 0 Å². The Morgan fingerprint density at radius 1 is 1.31 bits per heavy atom. The van der Waals surface area contributed by atoms with Gasteiger partial charge in [0.2, 0.25) is 5.91 Å². The van der Waals surface area contributed by atoms with Crippen molar-refractivity contribution in [1.82, 2.24) is 10.6 Å². The number of nitrogens with one attached hydrogen (secondary N) is 2. The first-order chi connectivity index (χ1) is 7.75. The third-order valence-electron chi connectivity index (χ3n) is 3.71. The van der Waals surface area contributed by atoms with Crippen molar-refractivity contribution in [2.45, 2.75) is 50.7 Å². The maximum Gasteiger partial charge on any atom is 0.220 e. The van der Waals surface area contributed by atoms with Crippen LogP contribution in [0, 0.1) is 5.92 Å². The van der Waals surface area contributed by atoms with Crippen LogP contribution in [0.1, 0.15) is 38.5 Å². The lowest BCUT2D eigenvalue weighted by molar-refractivity contribution is -0.123. The number of carbonyl (C=O) groups is 1. The van der Waals surface area contributed by atoms with E-state index in [1.165, 1.54) is 0 Å². The highest BCUT2D eigenvalue weighted by Crippen LogP contribution is 2.19. The van der Waals surface area contributed by atoms with Gasteiger partial charge in [-0.05, 0) is 38.3 Å². The lowest BCUT2D eigenvalue weighted by atomic mass is 9.92. The number of rotatable bonds is 3. The lowest BCUT2D eigenvalue weighted by Crippen LogP contribution is -2.45. The van der Waals surface area contributed by atoms with E-state index in [1.807, 2.05) is 0 Å². The fourth-order valence-electron chi connectivity index (χ4n) is 2.70. The first kappa shape index (κ1) is 11.9. The first-order valence-electron chi connectivity index (χ1n) is 6.44.